The van der Waals surface area contributed by atoms with Gasteiger partial charge in [0.2, 0.25) is 10.0 Å². The number of hydrogen-bond donors (Lipinski definition) is 2. The Labute approximate surface area is 141 Å². The fourth-order valence-corrected chi connectivity index (χ4v) is 2.69. The van der Waals surface area contributed by atoms with Crippen LogP contribution in [0.25, 0.3) is 0 Å². The highest BCUT2D eigenvalue weighted by Gasteiger charge is 2.09. The van der Waals surface area contributed by atoms with Gasteiger partial charge in [-0.1, -0.05) is 12.1 Å². The van der Waals surface area contributed by atoms with Crippen molar-refractivity contribution in [3.63, 3.8) is 0 Å². The Morgan fingerprint density at radius 1 is 1.08 bits per heavy atom. The first-order valence-electron chi connectivity index (χ1n) is 7.43. The minimum atomic E-state index is -3.33. The molecule has 0 saturated heterocycles. The smallest absolute Gasteiger partial charge is 0.255 e. The second-order valence-corrected chi connectivity index (χ2v) is 7.18. The molecule has 0 heterocycles. The summed E-state index contributed by atoms with van der Waals surface area (Å²) in [5.41, 5.74) is 2.49. The van der Waals surface area contributed by atoms with Crippen LogP contribution in [0.2, 0.25) is 0 Å². The quantitative estimate of drug-likeness (QED) is 0.806. The van der Waals surface area contributed by atoms with Crippen LogP contribution in [0.5, 0.6) is 0 Å². The Bertz CT molecular complexity index is 802. The van der Waals surface area contributed by atoms with Crippen LogP contribution in [0.4, 0.5) is 11.4 Å². The maximum Gasteiger partial charge on any atom is 0.255 e. The number of methoxy groups -OCH3 is 1. The Balaban J connectivity index is 2.06. The summed E-state index contributed by atoms with van der Waals surface area (Å²) in [5, 5.41) is 2.80. The second kappa shape index (κ2) is 7.94. The van der Waals surface area contributed by atoms with E-state index in [1.165, 1.54) is 0 Å². The lowest BCUT2D eigenvalue weighted by molar-refractivity contribution is 0.102. The molecule has 6 nitrogen and oxygen atoms in total. The van der Waals surface area contributed by atoms with Crippen LogP contribution in [-0.2, 0) is 21.4 Å². The van der Waals surface area contributed by atoms with E-state index < -0.39 is 10.0 Å². The van der Waals surface area contributed by atoms with Crippen LogP contribution in [0.15, 0.2) is 48.5 Å². The molecule has 0 unspecified atom stereocenters. The van der Waals surface area contributed by atoms with Crippen LogP contribution in [0.3, 0.4) is 0 Å². The van der Waals surface area contributed by atoms with Gasteiger partial charge in [-0.25, -0.2) is 8.42 Å². The number of amides is 1. The zero-order valence-electron chi connectivity index (χ0n) is 13.6. The normalized spacial score (nSPS) is 11.1. The highest BCUT2D eigenvalue weighted by Crippen LogP contribution is 2.15. The van der Waals surface area contributed by atoms with Crippen molar-refractivity contribution in [2.75, 3.05) is 22.9 Å². The molecule has 0 aromatic heterocycles. The third kappa shape index (κ3) is 5.07. The standard InChI is InChI=1S/C17H20N2O4S/c1-3-24(21,22)19-15-9-7-14(8-10-15)17(20)18-16-6-4-5-13(11-16)12-23-2/h4-11,19H,3,12H2,1-2H3,(H,18,20). The van der Waals surface area contributed by atoms with Crippen molar-refractivity contribution in [3.05, 3.63) is 59.7 Å². The van der Waals surface area contributed by atoms with E-state index in [2.05, 4.69) is 10.0 Å². The summed E-state index contributed by atoms with van der Waals surface area (Å²) in [5.74, 6) is -0.276. The average molecular weight is 348 g/mol. The lowest BCUT2D eigenvalue weighted by Crippen LogP contribution is -2.15. The summed E-state index contributed by atoms with van der Waals surface area (Å²) in [6.07, 6.45) is 0. The molecule has 0 spiro atoms. The Morgan fingerprint density at radius 3 is 2.42 bits per heavy atom. The molecular formula is C17H20N2O4S. The van der Waals surface area contributed by atoms with Crippen LogP contribution in [0.1, 0.15) is 22.8 Å². The molecule has 1 amide bonds. The Hall–Kier alpha value is -2.38. The first-order valence-corrected chi connectivity index (χ1v) is 9.08. The fourth-order valence-electron chi connectivity index (χ4n) is 2.05. The van der Waals surface area contributed by atoms with E-state index in [0.717, 1.165) is 5.56 Å². The molecule has 2 rings (SSSR count). The summed E-state index contributed by atoms with van der Waals surface area (Å²) >= 11 is 0. The van der Waals surface area contributed by atoms with Gasteiger partial charge >= 0.3 is 0 Å². The van der Waals surface area contributed by atoms with Gasteiger partial charge in [0.05, 0.1) is 12.4 Å². The topological polar surface area (TPSA) is 84.5 Å². The van der Waals surface area contributed by atoms with Crippen molar-refractivity contribution < 1.29 is 17.9 Å². The molecule has 128 valence electrons. The van der Waals surface area contributed by atoms with E-state index in [0.29, 0.717) is 23.5 Å². The van der Waals surface area contributed by atoms with Crippen molar-refractivity contribution in [1.29, 1.82) is 0 Å². The van der Waals surface area contributed by atoms with Gasteiger partial charge in [-0.05, 0) is 48.9 Å². The lowest BCUT2D eigenvalue weighted by atomic mass is 10.1. The van der Waals surface area contributed by atoms with Gasteiger partial charge in [0.15, 0.2) is 0 Å². The van der Waals surface area contributed by atoms with E-state index >= 15 is 0 Å². The molecular weight excluding hydrogens is 328 g/mol. The number of hydrogen-bond acceptors (Lipinski definition) is 4. The molecule has 0 radical (unpaired) electrons. The van der Waals surface area contributed by atoms with E-state index in [4.69, 9.17) is 4.74 Å². The largest absolute Gasteiger partial charge is 0.380 e. The minimum absolute atomic E-state index is 0.00689. The van der Waals surface area contributed by atoms with Crippen molar-refractivity contribution in [2.24, 2.45) is 0 Å². The molecule has 0 fully saturated rings. The summed E-state index contributed by atoms with van der Waals surface area (Å²) in [6.45, 7) is 2.03. The van der Waals surface area contributed by atoms with Crippen molar-refractivity contribution >= 4 is 27.3 Å². The summed E-state index contributed by atoms with van der Waals surface area (Å²) < 4.78 is 30.5. The summed E-state index contributed by atoms with van der Waals surface area (Å²) in [6, 6.07) is 13.6. The van der Waals surface area contributed by atoms with E-state index in [1.54, 1.807) is 44.4 Å². The molecule has 2 N–H and O–H groups in total. The zero-order chi connectivity index (χ0) is 17.6. The molecule has 0 aliphatic rings. The van der Waals surface area contributed by atoms with Crippen molar-refractivity contribution in [2.45, 2.75) is 13.5 Å². The monoisotopic (exact) mass is 348 g/mol. The molecule has 0 aliphatic carbocycles. The number of rotatable bonds is 7. The van der Waals surface area contributed by atoms with Crippen molar-refractivity contribution in [3.8, 4) is 0 Å². The molecule has 0 saturated carbocycles. The average Bonchev–Trinajstić information content (AvgIpc) is 2.56. The molecule has 0 bridgehead atoms. The first-order chi connectivity index (χ1) is 11.4. The highest BCUT2D eigenvalue weighted by molar-refractivity contribution is 7.92. The van der Waals surface area contributed by atoms with Crippen LogP contribution in [-0.4, -0.2) is 27.2 Å². The number of sulfonamides is 1. The summed E-state index contributed by atoms with van der Waals surface area (Å²) in [4.78, 5) is 12.3. The van der Waals surface area contributed by atoms with Crippen LogP contribution in [0, 0.1) is 0 Å². The lowest BCUT2D eigenvalue weighted by Gasteiger charge is -2.09. The molecule has 7 heteroatoms. The van der Waals surface area contributed by atoms with Gasteiger partial charge in [-0.2, -0.15) is 0 Å². The van der Waals surface area contributed by atoms with Gasteiger partial charge in [-0.15, -0.1) is 0 Å². The Kier molecular flexibility index (Phi) is 5.94. The first kappa shape index (κ1) is 18.0. The van der Waals surface area contributed by atoms with Crippen LogP contribution < -0.4 is 10.0 Å². The molecule has 24 heavy (non-hydrogen) atoms. The Morgan fingerprint density at radius 2 is 1.79 bits per heavy atom. The van der Waals surface area contributed by atoms with Crippen molar-refractivity contribution in [1.82, 2.24) is 0 Å². The van der Waals surface area contributed by atoms with Gasteiger partial charge in [0, 0.05) is 24.0 Å². The number of anilines is 2. The summed E-state index contributed by atoms with van der Waals surface area (Å²) in [7, 11) is -1.72. The van der Waals surface area contributed by atoms with Crippen LogP contribution >= 0.6 is 0 Å². The second-order valence-electron chi connectivity index (χ2n) is 5.17. The fraction of sp³-hybridized carbons (Fsp3) is 0.235. The number of nitrogens with one attached hydrogen (secondary N) is 2. The molecule has 0 atom stereocenters. The SMILES string of the molecule is CCS(=O)(=O)Nc1ccc(C(=O)Nc2cccc(COC)c2)cc1. The maximum absolute atomic E-state index is 12.3. The van der Waals surface area contributed by atoms with E-state index in [1.807, 2.05) is 18.2 Å². The number of benzene rings is 2. The number of carbonyl (C=O) groups excluding carboxylic acids is 1. The predicted molar refractivity (Wildman–Crippen MR) is 94.6 cm³/mol. The minimum Gasteiger partial charge on any atom is -0.380 e. The van der Waals surface area contributed by atoms with Gasteiger partial charge < -0.3 is 10.1 Å². The van der Waals surface area contributed by atoms with E-state index in [9.17, 15) is 13.2 Å². The zero-order valence-corrected chi connectivity index (χ0v) is 14.4. The predicted octanol–water partition coefficient (Wildman–Crippen LogP) is 2.85. The third-order valence-electron chi connectivity index (χ3n) is 3.30. The van der Waals surface area contributed by atoms with Gasteiger partial charge in [0.1, 0.15) is 0 Å². The number of carbonyl (C=O) groups is 1. The maximum atomic E-state index is 12.3. The van der Waals surface area contributed by atoms with Gasteiger partial charge in [0.25, 0.3) is 5.91 Å². The number of ether oxygens (including phenoxy) is 1. The molecule has 2 aromatic rings. The van der Waals surface area contributed by atoms with Gasteiger partial charge in [-0.3, -0.25) is 9.52 Å². The highest BCUT2D eigenvalue weighted by atomic mass is 32.2. The molecule has 0 aliphatic heterocycles. The molecule has 2 aromatic carbocycles. The van der Waals surface area contributed by atoms with E-state index in [-0.39, 0.29) is 11.7 Å². The third-order valence-corrected chi connectivity index (χ3v) is 4.60.